The molecule has 4 nitrogen and oxygen atoms in total. The van der Waals surface area contributed by atoms with Crippen molar-refractivity contribution in [2.24, 2.45) is 0 Å². The van der Waals surface area contributed by atoms with Crippen LogP contribution < -0.4 is 0 Å². The van der Waals surface area contributed by atoms with E-state index in [1.807, 2.05) is 39.0 Å². The molecule has 1 atom stereocenters. The van der Waals surface area contributed by atoms with Gasteiger partial charge in [-0.15, -0.1) is 0 Å². The lowest BCUT2D eigenvalue weighted by Gasteiger charge is -2.36. The Morgan fingerprint density at radius 2 is 2.04 bits per heavy atom. The molecular weight excluding hydrogens is 322 g/mol. The predicted octanol–water partition coefficient (Wildman–Crippen LogP) is 4.16. The van der Waals surface area contributed by atoms with E-state index in [1.54, 1.807) is 24.3 Å². The highest BCUT2D eigenvalue weighted by atomic mass is 32.2. The van der Waals surface area contributed by atoms with E-state index in [1.165, 1.54) is 4.31 Å². The van der Waals surface area contributed by atoms with Gasteiger partial charge in [-0.05, 0) is 51.8 Å². The Morgan fingerprint density at radius 3 is 2.62 bits per heavy atom. The molecule has 130 valence electrons. The van der Waals surface area contributed by atoms with Crippen molar-refractivity contribution in [3.63, 3.8) is 0 Å². The Labute approximate surface area is 145 Å². The highest BCUT2D eigenvalue weighted by Crippen LogP contribution is 2.33. The van der Waals surface area contributed by atoms with Crippen molar-refractivity contribution in [1.29, 1.82) is 0 Å². The Morgan fingerprint density at radius 1 is 1.38 bits per heavy atom. The van der Waals surface area contributed by atoms with E-state index >= 15 is 0 Å². The average molecular weight is 347 g/mol. The molecule has 24 heavy (non-hydrogen) atoms. The maximum Gasteiger partial charge on any atom is 0.264 e. The third-order valence-electron chi connectivity index (χ3n) is 3.96. The molecule has 0 radical (unpaired) electrons. The van der Waals surface area contributed by atoms with Crippen LogP contribution in [0.4, 0.5) is 0 Å². The molecule has 1 unspecified atom stereocenters. The minimum Gasteiger partial charge on any atom is -0.492 e. The SMILES string of the molecule is C=C/C=C(/OCC)C1=CCCC(C)N1S(=O)(=O)c1ccc(C)cc1. The van der Waals surface area contributed by atoms with Crippen molar-refractivity contribution in [2.75, 3.05) is 6.61 Å². The van der Waals surface area contributed by atoms with E-state index in [0.29, 0.717) is 23.0 Å². The van der Waals surface area contributed by atoms with E-state index in [2.05, 4.69) is 6.58 Å². The number of rotatable bonds is 6. The summed E-state index contributed by atoms with van der Waals surface area (Å²) < 4.78 is 33.6. The van der Waals surface area contributed by atoms with Crippen molar-refractivity contribution < 1.29 is 13.2 Å². The number of benzene rings is 1. The number of nitrogens with zero attached hydrogens (tertiary/aromatic N) is 1. The third kappa shape index (κ3) is 3.73. The Hall–Kier alpha value is -2.01. The Balaban J connectivity index is 2.52. The van der Waals surface area contributed by atoms with Crippen LogP contribution >= 0.6 is 0 Å². The Kier molecular flexibility index (Phi) is 5.89. The van der Waals surface area contributed by atoms with Crippen molar-refractivity contribution in [3.05, 3.63) is 66.1 Å². The van der Waals surface area contributed by atoms with Gasteiger partial charge in [0.15, 0.2) is 0 Å². The summed E-state index contributed by atoms with van der Waals surface area (Å²) in [7, 11) is -3.65. The van der Waals surface area contributed by atoms with Crippen LogP contribution in [-0.2, 0) is 14.8 Å². The van der Waals surface area contributed by atoms with Gasteiger partial charge in [-0.3, -0.25) is 4.31 Å². The van der Waals surface area contributed by atoms with E-state index in [9.17, 15) is 8.42 Å². The van der Waals surface area contributed by atoms with Crippen LogP contribution in [0.25, 0.3) is 0 Å². The van der Waals surface area contributed by atoms with Gasteiger partial charge in [-0.2, -0.15) is 0 Å². The molecule has 0 aliphatic carbocycles. The first-order chi connectivity index (χ1) is 11.4. The highest BCUT2D eigenvalue weighted by molar-refractivity contribution is 7.89. The van der Waals surface area contributed by atoms with Gasteiger partial charge in [-0.25, -0.2) is 8.42 Å². The van der Waals surface area contributed by atoms with Gasteiger partial charge < -0.3 is 4.74 Å². The molecule has 1 aliphatic heterocycles. The van der Waals surface area contributed by atoms with Crippen LogP contribution in [0.5, 0.6) is 0 Å². The fourth-order valence-electron chi connectivity index (χ4n) is 2.78. The minimum absolute atomic E-state index is 0.134. The quantitative estimate of drug-likeness (QED) is 0.573. The second kappa shape index (κ2) is 7.71. The number of allylic oxidation sites excluding steroid dienone is 3. The van der Waals surface area contributed by atoms with Gasteiger partial charge in [0.25, 0.3) is 10.0 Å². The fraction of sp³-hybridized carbons (Fsp3) is 0.368. The molecule has 0 saturated carbocycles. The first kappa shape index (κ1) is 18.3. The molecular formula is C19H25NO3S. The first-order valence-electron chi connectivity index (χ1n) is 8.19. The van der Waals surface area contributed by atoms with E-state index in [0.717, 1.165) is 18.4 Å². The lowest BCUT2D eigenvalue weighted by Crippen LogP contribution is -2.40. The van der Waals surface area contributed by atoms with Crippen LogP contribution in [0.15, 0.2) is 65.4 Å². The lowest BCUT2D eigenvalue weighted by atomic mass is 10.1. The summed E-state index contributed by atoms with van der Waals surface area (Å²) in [5.41, 5.74) is 1.62. The van der Waals surface area contributed by atoms with E-state index < -0.39 is 10.0 Å². The summed E-state index contributed by atoms with van der Waals surface area (Å²) in [4.78, 5) is 0.294. The predicted molar refractivity (Wildman–Crippen MR) is 96.9 cm³/mol. The van der Waals surface area contributed by atoms with Crippen molar-refractivity contribution in [1.82, 2.24) is 4.31 Å². The molecule has 5 heteroatoms. The largest absolute Gasteiger partial charge is 0.492 e. The monoisotopic (exact) mass is 347 g/mol. The van der Waals surface area contributed by atoms with Crippen molar-refractivity contribution in [3.8, 4) is 0 Å². The summed E-state index contributed by atoms with van der Waals surface area (Å²) in [5, 5.41) is 0. The van der Waals surface area contributed by atoms with E-state index in [-0.39, 0.29) is 6.04 Å². The average Bonchev–Trinajstić information content (AvgIpc) is 2.54. The summed E-state index contributed by atoms with van der Waals surface area (Å²) in [5.74, 6) is 0.537. The number of hydrogen-bond acceptors (Lipinski definition) is 3. The van der Waals surface area contributed by atoms with Crippen molar-refractivity contribution in [2.45, 2.75) is 44.6 Å². The van der Waals surface area contributed by atoms with Crippen LogP contribution in [0.1, 0.15) is 32.3 Å². The second-order valence-electron chi connectivity index (χ2n) is 5.83. The van der Waals surface area contributed by atoms with Gasteiger partial charge in [0.2, 0.25) is 0 Å². The fourth-order valence-corrected chi connectivity index (χ4v) is 4.49. The van der Waals surface area contributed by atoms with Crippen molar-refractivity contribution >= 4 is 10.0 Å². The van der Waals surface area contributed by atoms with Gasteiger partial charge in [0.05, 0.1) is 17.2 Å². The topological polar surface area (TPSA) is 46.6 Å². The molecule has 0 saturated heterocycles. The molecule has 0 aromatic heterocycles. The number of ether oxygens (including phenoxy) is 1. The molecule has 0 spiro atoms. The molecule has 1 aliphatic rings. The zero-order chi connectivity index (χ0) is 17.7. The number of aryl methyl sites for hydroxylation is 1. The van der Waals surface area contributed by atoms with Gasteiger partial charge >= 0.3 is 0 Å². The molecule has 0 N–H and O–H groups in total. The van der Waals surface area contributed by atoms with E-state index in [4.69, 9.17) is 4.74 Å². The molecule has 1 aromatic carbocycles. The summed E-state index contributed by atoms with van der Waals surface area (Å²) >= 11 is 0. The molecule has 1 heterocycles. The lowest BCUT2D eigenvalue weighted by molar-refractivity contribution is 0.216. The second-order valence-corrected chi connectivity index (χ2v) is 7.64. The smallest absolute Gasteiger partial charge is 0.264 e. The zero-order valence-electron chi connectivity index (χ0n) is 14.5. The number of sulfonamides is 1. The highest BCUT2D eigenvalue weighted by Gasteiger charge is 2.34. The molecule has 1 aromatic rings. The standard InChI is InChI=1S/C19H25NO3S/c1-5-8-19(23-6-2)18-10-7-9-16(4)20(18)24(21,22)17-13-11-15(3)12-14-17/h5,8,10-14,16H,1,6-7,9H2,2-4H3/b19-8+. The van der Waals surface area contributed by atoms with Gasteiger partial charge in [0, 0.05) is 6.04 Å². The molecule has 0 amide bonds. The van der Waals surface area contributed by atoms with Gasteiger partial charge in [-0.1, -0.05) is 36.4 Å². The van der Waals surface area contributed by atoms with Gasteiger partial charge in [0.1, 0.15) is 5.76 Å². The first-order valence-corrected chi connectivity index (χ1v) is 9.63. The molecule has 0 bridgehead atoms. The van der Waals surface area contributed by atoms with Crippen LogP contribution in [0.2, 0.25) is 0 Å². The summed E-state index contributed by atoms with van der Waals surface area (Å²) in [6.45, 7) is 9.90. The maximum absolute atomic E-state index is 13.2. The Bertz CT molecular complexity index is 745. The number of hydrogen-bond donors (Lipinski definition) is 0. The third-order valence-corrected chi connectivity index (χ3v) is 5.90. The zero-order valence-corrected chi connectivity index (χ0v) is 15.3. The normalized spacial score (nSPS) is 19.0. The molecule has 0 fully saturated rings. The van der Waals surface area contributed by atoms with Crippen LogP contribution in [-0.4, -0.2) is 25.4 Å². The summed E-state index contributed by atoms with van der Waals surface area (Å²) in [6, 6.07) is 6.80. The molecule has 2 rings (SSSR count). The van der Waals surface area contributed by atoms with Crippen LogP contribution in [0.3, 0.4) is 0 Å². The minimum atomic E-state index is -3.65. The summed E-state index contributed by atoms with van der Waals surface area (Å²) in [6.07, 6.45) is 6.85. The van der Waals surface area contributed by atoms with Crippen LogP contribution in [0, 0.1) is 6.92 Å². The maximum atomic E-state index is 13.2.